The molecule has 1 heterocycles. The van der Waals surface area contributed by atoms with Crippen molar-refractivity contribution in [2.24, 2.45) is 0 Å². The van der Waals surface area contributed by atoms with Crippen molar-refractivity contribution in [1.82, 2.24) is 15.1 Å². The lowest BCUT2D eigenvalue weighted by Crippen LogP contribution is -2.50. The molecule has 21 heavy (non-hydrogen) atoms. The second-order valence-corrected chi connectivity index (χ2v) is 5.94. The SMILES string of the molecule is CN1CCN(C(=O)CNC(=O)c2cc(F)cc(Br)c2)CC1. The van der Waals surface area contributed by atoms with E-state index in [9.17, 15) is 14.0 Å². The highest BCUT2D eigenvalue weighted by Gasteiger charge is 2.19. The van der Waals surface area contributed by atoms with Gasteiger partial charge in [0.2, 0.25) is 5.91 Å². The Hall–Kier alpha value is -1.47. The number of nitrogens with zero attached hydrogens (tertiary/aromatic N) is 2. The lowest BCUT2D eigenvalue weighted by Gasteiger charge is -2.32. The summed E-state index contributed by atoms with van der Waals surface area (Å²) in [4.78, 5) is 27.8. The molecule has 0 radical (unpaired) electrons. The minimum atomic E-state index is -0.500. The van der Waals surface area contributed by atoms with Gasteiger partial charge < -0.3 is 15.1 Å². The van der Waals surface area contributed by atoms with Crippen LogP contribution in [0.15, 0.2) is 22.7 Å². The van der Waals surface area contributed by atoms with Crippen molar-refractivity contribution in [3.05, 3.63) is 34.1 Å². The fourth-order valence-corrected chi connectivity index (χ4v) is 2.58. The Morgan fingerprint density at radius 3 is 2.52 bits per heavy atom. The Bertz CT molecular complexity index is 525. The normalized spacial score (nSPS) is 15.9. The summed E-state index contributed by atoms with van der Waals surface area (Å²) in [6.45, 7) is 2.91. The van der Waals surface area contributed by atoms with Gasteiger partial charge in [-0.3, -0.25) is 9.59 Å². The number of hydrogen-bond donors (Lipinski definition) is 1. The van der Waals surface area contributed by atoms with E-state index in [1.807, 2.05) is 7.05 Å². The molecule has 1 N–H and O–H groups in total. The van der Waals surface area contributed by atoms with Gasteiger partial charge >= 0.3 is 0 Å². The Balaban J connectivity index is 1.87. The Labute approximate surface area is 131 Å². The minimum Gasteiger partial charge on any atom is -0.343 e. The van der Waals surface area contributed by atoms with Crippen LogP contribution in [0, 0.1) is 5.82 Å². The standard InChI is InChI=1S/C14H17BrFN3O2/c1-18-2-4-19(5-3-18)13(20)9-17-14(21)10-6-11(15)8-12(16)7-10/h6-8H,2-5,9H2,1H3,(H,17,21). The first-order valence-corrected chi connectivity index (χ1v) is 7.45. The van der Waals surface area contributed by atoms with Crippen LogP contribution in [0.2, 0.25) is 0 Å². The summed E-state index contributed by atoms with van der Waals surface area (Å²) in [7, 11) is 2.01. The Morgan fingerprint density at radius 2 is 1.90 bits per heavy atom. The summed E-state index contributed by atoms with van der Waals surface area (Å²) in [6.07, 6.45) is 0. The van der Waals surface area contributed by atoms with Crippen molar-refractivity contribution >= 4 is 27.7 Å². The van der Waals surface area contributed by atoms with Crippen LogP contribution < -0.4 is 5.32 Å². The molecule has 114 valence electrons. The van der Waals surface area contributed by atoms with Gasteiger partial charge in [0.15, 0.2) is 0 Å². The van der Waals surface area contributed by atoms with E-state index in [0.717, 1.165) is 19.2 Å². The van der Waals surface area contributed by atoms with Gasteiger partial charge in [0.25, 0.3) is 5.91 Å². The number of carbonyl (C=O) groups excluding carboxylic acids is 2. The van der Waals surface area contributed by atoms with Crippen LogP contribution in [0.4, 0.5) is 4.39 Å². The summed E-state index contributed by atoms with van der Waals surface area (Å²) in [5.74, 6) is -1.08. The lowest BCUT2D eigenvalue weighted by atomic mass is 10.2. The van der Waals surface area contributed by atoms with Gasteiger partial charge in [0.1, 0.15) is 5.82 Å². The zero-order chi connectivity index (χ0) is 15.4. The molecule has 1 aliphatic heterocycles. The maximum Gasteiger partial charge on any atom is 0.251 e. The number of carbonyl (C=O) groups is 2. The van der Waals surface area contributed by atoms with Crippen LogP contribution >= 0.6 is 15.9 Å². The molecule has 0 aliphatic carbocycles. The van der Waals surface area contributed by atoms with Crippen LogP contribution in [0.3, 0.4) is 0 Å². The molecular formula is C14H17BrFN3O2. The molecule has 0 saturated carbocycles. The Kier molecular flexibility index (Phi) is 5.30. The molecule has 5 nitrogen and oxygen atoms in total. The second kappa shape index (κ2) is 7.00. The van der Waals surface area contributed by atoms with E-state index in [-0.39, 0.29) is 18.0 Å². The first-order valence-electron chi connectivity index (χ1n) is 6.66. The molecule has 0 aromatic heterocycles. The van der Waals surface area contributed by atoms with E-state index in [0.29, 0.717) is 17.6 Å². The topological polar surface area (TPSA) is 52.6 Å². The lowest BCUT2D eigenvalue weighted by molar-refractivity contribution is -0.131. The molecule has 1 aromatic carbocycles. The Morgan fingerprint density at radius 1 is 1.24 bits per heavy atom. The number of piperazine rings is 1. The highest BCUT2D eigenvalue weighted by atomic mass is 79.9. The largest absolute Gasteiger partial charge is 0.343 e. The number of hydrogen-bond acceptors (Lipinski definition) is 3. The third-order valence-corrected chi connectivity index (χ3v) is 3.84. The molecule has 0 spiro atoms. The summed E-state index contributed by atoms with van der Waals surface area (Å²) < 4.78 is 13.7. The molecule has 0 bridgehead atoms. The van der Waals surface area contributed by atoms with Gasteiger partial charge in [-0.15, -0.1) is 0 Å². The monoisotopic (exact) mass is 357 g/mol. The molecular weight excluding hydrogens is 341 g/mol. The molecule has 2 amide bonds. The number of nitrogens with one attached hydrogen (secondary N) is 1. The quantitative estimate of drug-likeness (QED) is 0.880. The van der Waals surface area contributed by atoms with Crippen molar-refractivity contribution in [3.63, 3.8) is 0 Å². The van der Waals surface area contributed by atoms with E-state index < -0.39 is 11.7 Å². The number of halogens is 2. The smallest absolute Gasteiger partial charge is 0.251 e. The summed E-state index contributed by atoms with van der Waals surface area (Å²) in [5.41, 5.74) is 0.188. The van der Waals surface area contributed by atoms with Crippen molar-refractivity contribution in [1.29, 1.82) is 0 Å². The average molecular weight is 358 g/mol. The summed E-state index contributed by atoms with van der Waals surface area (Å²) >= 11 is 3.13. The van der Waals surface area contributed by atoms with E-state index >= 15 is 0 Å². The predicted molar refractivity (Wildman–Crippen MR) is 80.5 cm³/mol. The first-order chi connectivity index (χ1) is 9.95. The second-order valence-electron chi connectivity index (χ2n) is 5.02. The maximum absolute atomic E-state index is 13.2. The predicted octanol–water partition coefficient (Wildman–Crippen LogP) is 1.09. The molecule has 1 aliphatic rings. The summed E-state index contributed by atoms with van der Waals surface area (Å²) in [6, 6.07) is 3.92. The highest BCUT2D eigenvalue weighted by Crippen LogP contribution is 2.14. The van der Waals surface area contributed by atoms with Gasteiger partial charge in [-0.2, -0.15) is 0 Å². The van der Waals surface area contributed by atoms with E-state index in [1.165, 1.54) is 12.1 Å². The van der Waals surface area contributed by atoms with Gasteiger partial charge in [-0.1, -0.05) is 15.9 Å². The highest BCUT2D eigenvalue weighted by molar-refractivity contribution is 9.10. The van der Waals surface area contributed by atoms with Crippen LogP contribution in [0.25, 0.3) is 0 Å². The molecule has 0 unspecified atom stereocenters. The molecule has 2 rings (SSSR count). The van der Waals surface area contributed by atoms with E-state index in [4.69, 9.17) is 0 Å². The molecule has 0 atom stereocenters. The van der Waals surface area contributed by atoms with E-state index in [2.05, 4.69) is 26.1 Å². The first kappa shape index (κ1) is 15.9. The van der Waals surface area contributed by atoms with Gasteiger partial charge in [0.05, 0.1) is 6.54 Å². The molecule has 7 heteroatoms. The third-order valence-electron chi connectivity index (χ3n) is 3.38. The van der Waals surface area contributed by atoms with Gasteiger partial charge in [-0.25, -0.2) is 4.39 Å². The fraction of sp³-hybridized carbons (Fsp3) is 0.429. The number of benzene rings is 1. The van der Waals surface area contributed by atoms with Crippen LogP contribution in [-0.2, 0) is 4.79 Å². The van der Waals surface area contributed by atoms with Crippen LogP contribution in [0.1, 0.15) is 10.4 Å². The van der Waals surface area contributed by atoms with E-state index in [1.54, 1.807) is 4.90 Å². The zero-order valence-electron chi connectivity index (χ0n) is 11.7. The van der Waals surface area contributed by atoms with Crippen LogP contribution in [0.5, 0.6) is 0 Å². The summed E-state index contributed by atoms with van der Waals surface area (Å²) in [5, 5.41) is 2.53. The van der Waals surface area contributed by atoms with Gasteiger partial charge in [-0.05, 0) is 25.2 Å². The van der Waals surface area contributed by atoms with Crippen molar-refractivity contribution in [3.8, 4) is 0 Å². The number of rotatable bonds is 3. The van der Waals surface area contributed by atoms with Gasteiger partial charge in [0, 0.05) is 36.2 Å². The number of likely N-dealkylation sites (N-methyl/N-ethyl adjacent to an activating group) is 1. The molecule has 1 saturated heterocycles. The molecule has 1 fully saturated rings. The molecule has 1 aromatic rings. The van der Waals surface area contributed by atoms with Crippen molar-refractivity contribution in [2.75, 3.05) is 39.8 Å². The van der Waals surface area contributed by atoms with Crippen molar-refractivity contribution < 1.29 is 14.0 Å². The maximum atomic E-state index is 13.2. The van der Waals surface area contributed by atoms with Crippen LogP contribution in [-0.4, -0.2) is 61.4 Å². The zero-order valence-corrected chi connectivity index (χ0v) is 13.3. The number of amides is 2. The average Bonchev–Trinajstić information content (AvgIpc) is 2.44. The third kappa shape index (κ3) is 4.50. The minimum absolute atomic E-state index is 0.0727. The van der Waals surface area contributed by atoms with Crippen molar-refractivity contribution in [2.45, 2.75) is 0 Å². The fourth-order valence-electron chi connectivity index (χ4n) is 2.11.